The third-order valence-corrected chi connectivity index (χ3v) is 10.5. The second kappa shape index (κ2) is 16.8. The smallest absolute Gasteiger partial charge is 0.416 e. The summed E-state index contributed by atoms with van der Waals surface area (Å²) in [4.78, 5) is 61.1. The molecule has 0 spiro atoms. The standard InChI is InChI=1S/C43H42F3N5O5/c44-43(45,46)33-18-10-15-31(25-33)26-47-39(52)38(40(53)48-34-21-23-49(24-22-34)27-30-13-6-2-7-14-30)50-35(20-19-29-11-4-1-5-12-29)37(41(50)54)51-36(28-56-42(51)55)32-16-8-3-9-17-32/h1-20,25,34-38H,21-24,26-28H2,(H,47,52)(H,48,53)/b20-19+/t35-,36+,37+,38?/m1/s1. The third kappa shape index (κ3) is 8.63. The van der Waals surface area contributed by atoms with Crippen molar-refractivity contribution in [2.45, 2.75) is 62.3 Å². The number of hydrogen-bond acceptors (Lipinski definition) is 6. The summed E-state index contributed by atoms with van der Waals surface area (Å²) in [7, 11) is 0. The van der Waals surface area contributed by atoms with Crippen molar-refractivity contribution in [1.82, 2.24) is 25.3 Å². The Labute approximate surface area is 322 Å². The molecule has 4 aromatic rings. The van der Waals surface area contributed by atoms with Gasteiger partial charge in [0.25, 0.3) is 11.8 Å². The van der Waals surface area contributed by atoms with Crippen LogP contribution in [0.1, 0.15) is 46.7 Å². The lowest BCUT2D eigenvalue weighted by Crippen LogP contribution is -2.76. The number of halogens is 3. The van der Waals surface area contributed by atoms with Gasteiger partial charge in [-0.05, 0) is 47.2 Å². The first-order chi connectivity index (χ1) is 27.1. The topological polar surface area (TPSA) is 111 Å². The van der Waals surface area contributed by atoms with Gasteiger partial charge in [0, 0.05) is 32.2 Å². The van der Waals surface area contributed by atoms with Crippen molar-refractivity contribution in [2.24, 2.45) is 0 Å². The molecule has 0 aromatic heterocycles. The quantitative estimate of drug-likeness (QED) is 0.136. The van der Waals surface area contributed by atoms with E-state index in [2.05, 4.69) is 27.7 Å². The van der Waals surface area contributed by atoms with Crippen LogP contribution in [-0.4, -0.2) is 82.4 Å². The molecular weight excluding hydrogens is 723 g/mol. The number of amides is 4. The molecule has 290 valence electrons. The van der Waals surface area contributed by atoms with Gasteiger partial charge in [-0.1, -0.05) is 115 Å². The molecule has 0 bridgehead atoms. The zero-order chi connectivity index (χ0) is 39.2. The van der Waals surface area contributed by atoms with E-state index in [-0.39, 0.29) is 24.8 Å². The van der Waals surface area contributed by atoms with Crippen molar-refractivity contribution < 1.29 is 37.1 Å². The average Bonchev–Trinajstić information content (AvgIpc) is 3.58. The fourth-order valence-electron chi connectivity index (χ4n) is 7.61. The Kier molecular flexibility index (Phi) is 11.5. The molecule has 0 radical (unpaired) electrons. The molecule has 0 saturated carbocycles. The third-order valence-electron chi connectivity index (χ3n) is 10.5. The molecule has 4 atom stereocenters. The Morgan fingerprint density at radius 1 is 0.821 bits per heavy atom. The molecule has 4 amide bonds. The lowest BCUT2D eigenvalue weighted by atomic mass is 9.87. The van der Waals surface area contributed by atoms with Crippen molar-refractivity contribution in [3.63, 3.8) is 0 Å². The number of nitrogens with zero attached hydrogens (tertiary/aromatic N) is 3. The summed E-state index contributed by atoms with van der Waals surface area (Å²) in [5, 5.41) is 5.63. The SMILES string of the molecule is O=C(NCc1cccc(C(F)(F)F)c1)C(C(=O)NC1CCN(Cc2ccccc2)CC1)N1C(=O)[C@@H](N2C(=O)OC[C@H]2c2ccccc2)[C@H]1/C=C/c1ccccc1. The molecule has 7 rings (SSSR count). The number of hydrogen-bond donors (Lipinski definition) is 2. The Morgan fingerprint density at radius 2 is 1.46 bits per heavy atom. The van der Waals surface area contributed by atoms with Gasteiger partial charge in [0.05, 0.1) is 17.6 Å². The minimum Gasteiger partial charge on any atom is -0.447 e. The Bertz CT molecular complexity index is 2040. The van der Waals surface area contributed by atoms with Crippen LogP contribution in [0, 0.1) is 0 Å². The van der Waals surface area contributed by atoms with Crippen molar-refractivity contribution in [3.8, 4) is 0 Å². The maximum atomic E-state index is 14.4. The first-order valence-corrected chi connectivity index (χ1v) is 18.6. The number of likely N-dealkylation sites (tertiary alicyclic amines) is 2. The molecule has 3 saturated heterocycles. The van der Waals surface area contributed by atoms with E-state index < -0.39 is 59.7 Å². The van der Waals surface area contributed by atoms with E-state index in [0.717, 1.165) is 29.8 Å². The van der Waals surface area contributed by atoms with Crippen LogP contribution in [0.25, 0.3) is 6.08 Å². The highest BCUT2D eigenvalue weighted by atomic mass is 19.4. The summed E-state index contributed by atoms with van der Waals surface area (Å²) >= 11 is 0. The first kappa shape index (κ1) is 38.3. The van der Waals surface area contributed by atoms with Gasteiger partial charge in [0.15, 0.2) is 6.04 Å². The summed E-state index contributed by atoms with van der Waals surface area (Å²) in [5.41, 5.74) is 1.99. The van der Waals surface area contributed by atoms with Gasteiger partial charge in [-0.15, -0.1) is 0 Å². The molecule has 1 unspecified atom stereocenters. The largest absolute Gasteiger partial charge is 0.447 e. The predicted octanol–water partition coefficient (Wildman–Crippen LogP) is 5.96. The molecule has 56 heavy (non-hydrogen) atoms. The van der Waals surface area contributed by atoms with Gasteiger partial charge in [0.1, 0.15) is 12.6 Å². The van der Waals surface area contributed by atoms with Gasteiger partial charge in [-0.3, -0.25) is 24.2 Å². The number of benzene rings is 4. The second-order valence-electron chi connectivity index (χ2n) is 14.2. The average molecular weight is 766 g/mol. The number of alkyl halides is 3. The summed E-state index contributed by atoms with van der Waals surface area (Å²) in [5.74, 6) is -2.23. The van der Waals surface area contributed by atoms with Crippen LogP contribution in [0.15, 0.2) is 121 Å². The van der Waals surface area contributed by atoms with Crippen molar-refractivity contribution >= 4 is 29.9 Å². The number of ether oxygens (including phenoxy) is 1. The lowest BCUT2D eigenvalue weighted by molar-refractivity contribution is -0.166. The summed E-state index contributed by atoms with van der Waals surface area (Å²) in [6.07, 6.45) is -0.643. The van der Waals surface area contributed by atoms with E-state index in [9.17, 15) is 32.3 Å². The molecule has 3 heterocycles. The summed E-state index contributed by atoms with van der Waals surface area (Å²) in [6, 6.07) is 28.3. The van der Waals surface area contributed by atoms with E-state index in [4.69, 9.17) is 4.74 Å². The highest BCUT2D eigenvalue weighted by Crippen LogP contribution is 2.38. The lowest BCUT2D eigenvalue weighted by Gasteiger charge is -2.51. The van der Waals surface area contributed by atoms with E-state index in [1.165, 1.54) is 27.5 Å². The minimum atomic E-state index is -4.59. The molecule has 13 heteroatoms. The molecule has 3 aliphatic rings. The van der Waals surface area contributed by atoms with Crippen LogP contribution < -0.4 is 10.6 Å². The second-order valence-corrected chi connectivity index (χ2v) is 14.2. The summed E-state index contributed by atoms with van der Waals surface area (Å²) in [6.45, 7) is 1.82. The predicted molar refractivity (Wildman–Crippen MR) is 202 cm³/mol. The zero-order valence-electron chi connectivity index (χ0n) is 30.5. The van der Waals surface area contributed by atoms with Crippen molar-refractivity contribution in [1.29, 1.82) is 0 Å². The van der Waals surface area contributed by atoms with Gasteiger partial charge in [-0.2, -0.15) is 13.2 Å². The Balaban J connectivity index is 1.16. The number of rotatable bonds is 12. The van der Waals surface area contributed by atoms with Gasteiger partial charge in [-0.25, -0.2) is 4.79 Å². The van der Waals surface area contributed by atoms with E-state index in [0.29, 0.717) is 25.9 Å². The van der Waals surface area contributed by atoms with Crippen LogP contribution in [0.4, 0.5) is 18.0 Å². The zero-order valence-corrected chi connectivity index (χ0v) is 30.5. The summed E-state index contributed by atoms with van der Waals surface area (Å²) < 4.78 is 45.9. The number of carbonyl (C=O) groups is 4. The fraction of sp³-hybridized carbons (Fsp3) is 0.302. The monoisotopic (exact) mass is 765 g/mol. The van der Waals surface area contributed by atoms with Crippen molar-refractivity contribution in [3.05, 3.63) is 149 Å². The molecule has 4 aromatic carbocycles. The minimum absolute atomic E-state index is 0.00606. The molecule has 2 N–H and O–H groups in total. The van der Waals surface area contributed by atoms with Crippen LogP contribution in [0.2, 0.25) is 0 Å². The molecule has 3 aliphatic heterocycles. The van der Waals surface area contributed by atoms with E-state index in [1.54, 1.807) is 12.2 Å². The Hall–Kier alpha value is -5.95. The number of β-lactam (4-membered cyclic amide) rings is 1. The number of carbonyl (C=O) groups excluding carboxylic acids is 4. The van der Waals surface area contributed by atoms with Crippen molar-refractivity contribution in [2.75, 3.05) is 19.7 Å². The Morgan fingerprint density at radius 3 is 2.14 bits per heavy atom. The van der Waals surface area contributed by atoms with Gasteiger partial charge < -0.3 is 20.3 Å². The van der Waals surface area contributed by atoms with Crippen LogP contribution in [-0.2, 0) is 38.4 Å². The first-order valence-electron chi connectivity index (χ1n) is 18.6. The van der Waals surface area contributed by atoms with Crippen LogP contribution in [0.3, 0.4) is 0 Å². The maximum absolute atomic E-state index is 14.4. The van der Waals surface area contributed by atoms with Crippen LogP contribution in [0.5, 0.6) is 0 Å². The molecule has 0 aliphatic carbocycles. The fourth-order valence-corrected chi connectivity index (χ4v) is 7.61. The van der Waals surface area contributed by atoms with E-state index in [1.807, 2.05) is 78.9 Å². The normalized spacial score (nSPS) is 21.1. The van der Waals surface area contributed by atoms with Gasteiger partial charge >= 0.3 is 12.3 Å². The maximum Gasteiger partial charge on any atom is 0.416 e. The molecule has 3 fully saturated rings. The number of piperidine rings is 1. The molecule has 10 nitrogen and oxygen atoms in total. The molecular formula is C43H42F3N5O5. The highest BCUT2D eigenvalue weighted by Gasteiger charge is 2.59. The van der Waals surface area contributed by atoms with E-state index >= 15 is 0 Å². The number of cyclic esters (lactones) is 1. The number of nitrogens with one attached hydrogen (secondary N) is 2. The van der Waals surface area contributed by atoms with Crippen LogP contribution >= 0.6 is 0 Å². The highest BCUT2D eigenvalue weighted by molar-refractivity contribution is 6.10. The van der Waals surface area contributed by atoms with Gasteiger partial charge in [0.2, 0.25) is 5.91 Å².